The van der Waals surface area contributed by atoms with Crippen molar-refractivity contribution in [2.24, 2.45) is 5.92 Å². The molecule has 0 N–H and O–H groups in total. The molecule has 0 saturated carbocycles. The van der Waals surface area contributed by atoms with Crippen molar-refractivity contribution >= 4 is 23.7 Å². The molecule has 0 aliphatic heterocycles. The molecule has 0 saturated heterocycles. The van der Waals surface area contributed by atoms with E-state index in [9.17, 15) is 19.8 Å². The van der Waals surface area contributed by atoms with Crippen molar-refractivity contribution in [3.63, 3.8) is 0 Å². The van der Waals surface area contributed by atoms with Gasteiger partial charge in [0.05, 0.1) is 0 Å². The fourth-order valence-electron chi connectivity index (χ4n) is 2.68. The first-order valence-electron chi connectivity index (χ1n) is 9.56. The predicted molar refractivity (Wildman–Crippen MR) is 96.5 cm³/mol. The van der Waals surface area contributed by atoms with Crippen LogP contribution in [0.2, 0.25) is 0 Å². The van der Waals surface area contributed by atoms with E-state index in [0.29, 0.717) is 5.75 Å². The second kappa shape index (κ2) is 24.3. The molecule has 7 heteroatoms. The third kappa shape index (κ3) is 23.3. The van der Waals surface area contributed by atoms with Gasteiger partial charge in [0.2, 0.25) is 0 Å². The van der Waals surface area contributed by atoms with E-state index >= 15 is 0 Å². The number of rotatable bonds is 18. The van der Waals surface area contributed by atoms with E-state index in [-0.39, 0.29) is 59.1 Å². The van der Waals surface area contributed by atoms with Crippen molar-refractivity contribution in [1.29, 1.82) is 0 Å². The maximum atomic E-state index is 10.8. The van der Waals surface area contributed by atoms with E-state index in [2.05, 4.69) is 6.92 Å². The first-order valence-corrected chi connectivity index (χ1v) is 10.7. The van der Waals surface area contributed by atoms with Gasteiger partial charge >= 0.3 is 59.1 Å². The van der Waals surface area contributed by atoms with Crippen LogP contribution in [-0.2, 0) is 9.59 Å². The van der Waals surface area contributed by atoms with Gasteiger partial charge in [-0.3, -0.25) is 0 Å². The van der Waals surface area contributed by atoms with Gasteiger partial charge in [0.15, 0.2) is 0 Å². The summed E-state index contributed by atoms with van der Waals surface area (Å²) in [6.07, 6.45) is 15.1. The summed E-state index contributed by atoms with van der Waals surface area (Å²) in [7, 11) is 0. The van der Waals surface area contributed by atoms with E-state index in [0.717, 1.165) is 12.2 Å². The van der Waals surface area contributed by atoms with Crippen LogP contribution in [0.1, 0.15) is 90.4 Å². The van der Waals surface area contributed by atoms with Gasteiger partial charge in [-0.25, -0.2) is 0 Å². The molecule has 0 radical (unpaired) electrons. The Balaban J connectivity index is -0.00000264. The first kappa shape index (κ1) is 32.0. The van der Waals surface area contributed by atoms with Crippen LogP contribution in [0.4, 0.5) is 0 Å². The van der Waals surface area contributed by atoms with Crippen LogP contribution < -0.4 is 69.3 Å². The summed E-state index contributed by atoms with van der Waals surface area (Å²) in [4.78, 5) is 21.2. The molecule has 1 atom stereocenters. The summed E-state index contributed by atoms with van der Waals surface area (Å²) >= 11 is 1.50. The second-order valence-electron chi connectivity index (χ2n) is 6.56. The van der Waals surface area contributed by atoms with Gasteiger partial charge < -0.3 is 19.8 Å². The monoisotopic (exact) mass is 404 g/mol. The minimum absolute atomic E-state index is 0. The predicted octanol–water partition coefficient (Wildman–Crippen LogP) is -3.07. The number of hydrogen-bond acceptors (Lipinski definition) is 5. The summed E-state index contributed by atoms with van der Waals surface area (Å²) in [6, 6.07) is 0. The van der Waals surface area contributed by atoms with Crippen LogP contribution in [0.25, 0.3) is 0 Å². The zero-order chi connectivity index (χ0) is 18.0. The van der Waals surface area contributed by atoms with Gasteiger partial charge in [-0.1, -0.05) is 77.6 Å². The Morgan fingerprint density at radius 2 is 1.19 bits per heavy atom. The van der Waals surface area contributed by atoms with E-state index in [4.69, 9.17) is 0 Å². The van der Waals surface area contributed by atoms with Gasteiger partial charge in [0, 0.05) is 23.6 Å². The summed E-state index contributed by atoms with van der Waals surface area (Å²) in [5, 5.41) is 21.2. The first-order chi connectivity index (χ1) is 11.6. The van der Waals surface area contributed by atoms with Crippen molar-refractivity contribution in [2.45, 2.75) is 90.4 Å². The quantitative estimate of drug-likeness (QED) is 0.179. The Bertz CT molecular complexity index is 331. The van der Waals surface area contributed by atoms with Crippen LogP contribution in [-0.4, -0.2) is 23.4 Å². The number of carbonyl (C=O) groups excluding carboxylic acids is 2. The molecular formula is C19H34Na2O4S. The second-order valence-corrected chi connectivity index (χ2v) is 7.71. The maximum absolute atomic E-state index is 10.8. The number of carboxylic acids is 2. The molecule has 0 spiro atoms. The molecular weight excluding hydrogens is 370 g/mol. The number of carbonyl (C=O) groups is 2. The van der Waals surface area contributed by atoms with Crippen molar-refractivity contribution in [1.82, 2.24) is 0 Å². The molecule has 0 fully saturated rings. The van der Waals surface area contributed by atoms with Gasteiger partial charge in [0.25, 0.3) is 0 Å². The Morgan fingerprint density at radius 3 is 1.58 bits per heavy atom. The van der Waals surface area contributed by atoms with Crippen LogP contribution in [0, 0.1) is 5.92 Å². The number of aliphatic carboxylic acids is 2. The number of hydrogen-bond donors (Lipinski definition) is 0. The average Bonchev–Trinajstić information content (AvgIpc) is 2.53. The Kier molecular flexibility index (Phi) is 29.9. The maximum Gasteiger partial charge on any atom is 1.00 e. The zero-order valence-corrected chi connectivity index (χ0v) is 22.0. The van der Waals surface area contributed by atoms with Crippen molar-refractivity contribution < 1.29 is 78.9 Å². The molecule has 0 amide bonds. The van der Waals surface area contributed by atoms with E-state index in [1.54, 1.807) is 0 Å². The van der Waals surface area contributed by atoms with Gasteiger partial charge in [-0.2, -0.15) is 11.8 Å². The molecule has 1 unspecified atom stereocenters. The van der Waals surface area contributed by atoms with Crippen molar-refractivity contribution in [2.75, 3.05) is 11.5 Å². The van der Waals surface area contributed by atoms with Crippen LogP contribution in [0.3, 0.4) is 0 Å². The number of thioether (sulfide) groups is 1. The van der Waals surface area contributed by atoms with E-state index in [1.165, 1.54) is 82.4 Å². The molecule has 0 aromatic rings. The molecule has 4 nitrogen and oxygen atoms in total. The van der Waals surface area contributed by atoms with Crippen LogP contribution in [0.5, 0.6) is 0 Å². The largest absolute Gasteiger partial charge is 1.00 e. The molecule has 0 aliphatic carbocycles. The molecule has 142 valence electrons. The molecule has 0 aliphatic rings. The Hall–Kier alpha value is 1.29. The minimum atomic E-state index is -1.32. The third-order valence-electron chi connectivity index (χ3n) is 4.21. The van der Waals surface area contributed by atoms with Crippen LogP contribution >= 0.6 is 11.8 Å². The Morgan fingerprint density at radius 1 is 0.769 bits per heavy atom. The topological polar surface area (TPSA) is 80.3 Å². The van der Waals surface area contributed by atoms with E-state index < -0.39 is 24.3 Å². The molecule has 0 bridgehead atoms. The molecule has 0 rings (SSSR count). The smallest absolute Gasteiger partial charge is 0.550 e. The summed E-state index contributed by atoms with van der Waals surface area (Å²) in [5.41, 5.74) is 0. The fraction of sp³-hybridized carbons (Fsp3) is 0.895. The number of unbranched alkanes of at least 4 members (excludes halogenated alkanes) is 11. The summed E-state index contributed by atoms with van der Waals surface area (Å²) < 4.78 is 0. The van der Waals surface area contributed by atoms with Gasteiger partial charge in [0.1, 0.15) is 0 Å². The normalized spacial score (nSPS) is 11.3. The standard InChI is InChI=1S/C19H36O4S.2Na/c1-2-3-4-5-6-7-8-9-10-11-12-13-14-24-16-17(19(22)23)15-18(20)21;;/h17H,2-16H2,1H3,(H,20,21)(H,22,23);;/q;2*+1/p-2. The molecule has 26 heavy (non-hydrogen) atoms. The molecule has 0 aromatic heterocycles. The molecule has 0 aromatic carbocycles. The number of carboxylic acid groups (broad SMARTS) is 2. The van der Waals surface area contributed by atoms with Gasteiger partial charge in [-0.05, 0) is 18.6 Å². The van der Waals surface area contributed by atoms with Crippen molar-refractivity contribution in [3.05, 3.63) is 0 Å². The zero-order valence-electron chi connectivity index (χ0n) is 17.2. The summed E-state index contributed by atoms with van der Waals surface area (Å²) in [6.45, 7) is 2.24. The van der Waals surface area contributed by atoms with Crippen molar-refractivity contribution in [3.8, 4) is 0 Å². The third-order valence-corrected chi connectivity index (χ3v) is 5.42. The Labute approximate surface area is 208 Å². The minimum Gasteiger partial charge on any atom is -0.550 e. The average molecular weight is 405 g/mol. The SMILES string of the molecule is CCCCCCCCCCCCCCSCC(CC(=O)[O-])C(=O)[O-].[Na+].[Na+]. The van der Waals surface area contributed by atoms with Crippen LogP contribution in [0.15, 0.2) is 0 Å². The fourth-order valence-corrected chi connectivity index (χ4v) is 3.80. The van der Waals surface area contributed by atoms with Gasteiger partial charge in [-0.15, -0.1) is 0 Å². The van der Waals surface area contributed by atoms with E-state index in [1.807, 2.05) is 0 Å². The summed E-state index contributed by atoms with van der Waals surface area (Å²) in [5.74, 6) is -2.36. The molecule has 0 heterocycles.